The van der Waals surface area contributed by atoms with E-state index in [1.807, 2.05) is 6.92 Å². The molecule has 0 spiro atoms. The topological polar surface area (TPSA) is 84.5 Å². The molecule has 124 valence electrons. The second kappa shape index (κ2) is 7.17. The first kappa shape index (κ1) is 16.9. The minimum absolute atomic E-state index is 0.0669. The lowest BCUT2D eigenvalue weighted by Crippen LogP contribution is -2.35. The highest BCUT2D eigenvalue weighted by Crippen LogP contribution is 2.38. The van der Waals surface area contributed by atoms with E-state index >= 15 is 0 Å². The third kappa shape index (κ3) is 5.01. The summed E-state index contributed by atoms with van der Waals surface area (Å²) in [6.45, 7) is 1.07. The zero-order valence-corrected chi connectivity index (χ0v) is 12.4. The van der Waals surface area contributed by atoms with E-state index in [1.165, 1.54) is 6.07 Å². The molecule has 0 bridgehead atoms. The minimum atomic E-state index is -1.09. The molecule has 1 aliphatic rings. The van der Waals surface area contributed by atoms with Gasteiger partial charge in [0.15, 0.2) is 18.2 Å². The van der Waals surface area contributed by atoms with E-state index < -0.39 is 36.0 Å². The molecule has 1 saturated carbocycles. The summed E-state index contributed by atoms with van der Waals surface area (Å²) in [4.78, 5) is 34.4. The van der Waals surface area contributed by atoms with Crippen molar-refractivity contribution in [2.24, 2.45) is 11.8 Å². The van der Waals surface area contributed by atoms with Crippen LogP contribution in [0.1, 0.15) is 13.3 Å². The summed E-state index contributed by atoms with van der Waals surface area (Å²) < 4.78 is 30.5. The molecule has 0 aliphatic heterocycles. The molecule has 1 aromatic rings. The molecule has 8 heteroatoms. The van der Waals surface area contributed by atoms with E-state index in [9.17, 15) is 23.2 Å². The smallest absolute Gasteiger partial charge is 0.309 e. The molecule has 0 heterocycles. The Morgan fingerprint density at radius 3 is 2.52 bits per heavy atom. The fraction of sp³-hybridized carbons (Fsp3) is 0.400. The van der Waals surface area contributed by atoms with Crippen LogP contribution in [0.3, 0.4) is 0 Å². The van der Waals surface area contributed by atoms with Crippen molar-refractivity contribution >= 4 is 23.5 Å². The first-order valence-electron chi connectivity index (χ1n) is 7.05. The lowest BCUT2D eigenvalue weighted by molar-refractivity contribution is -0.150. The van der Waals surface area contributed by atoms with E-state index in [1.54, 1.807) is 0 Å². The molecular weight excluding hydrogens is 310 g/mol. The van der Waals surface area contributed by atoms with Crippen molar-refractivity contribution in [3.63, 3.8) is 0 Å². The maximum atomic E-state index is 13.0. The van der Waals surface area contributed by atoms with Crippen LogP contribution in [0.25, 0.3) is 0 Å². The van der Waals surface area contributed by atoms with Crippen LogP contribution in [-0.2, 0) is 19.1 Å². The Morgan fingerprint density at radius 2 is 1.91 bits per heavy atom. The highest BCUT2D eigenvalue weighted by atomic mass is 19.2. The number of benzene rings is 1. The van der Waals surface area contributed by atoms with Gasteiger partial charge in [-0.2, -0.15) is 0 Å². The van der Waals surface area contributed by atoms with E-state index in [-0.39, 0.29) is 24.1 Å². The number of rotatable bonds is 6. The van der Waals surface area contributed by atoms with Crippen LogP contribution >= 0.6 is 0 Å². The van der Waals surface area contributed by atoms with Crippen molar-refractivity contribution in [2.75, 3.05) is 18.5 Å². The standard InChI is InChI=1S/C15H16F2N2O4/c1-8-4-10(8)15(22)23-7-14(21)18-6-13(20)19-9-2-3-11(16)12(17)5-9/h2-3,5,8,10H,4,6-7H2,1H3,(H,18,21)(H,19,20)/t8-,10-/m0/s1. The fourth-order valence-corrected chi connectivity index (χ4v) is 1.90. The molecule has 2 amide bonds. The summed E-state index contributed by atoms with van der Waals surface area (Å²) >= 11 is 0. The number of esters is 1. The molecule has 0 unspecified atom stereocenters. The van der Waals surface area contributed by atoms with E-state index in [0.29, 0.717) is 0 Å². The molecule has 2 atom stereocenters. The lowest BCUT2D eigenvalue weighted by atomic mass is 10.3. The predicted octanol–water partition coefficient (Wildman–Crippen LogP) is 1.22. The van der Waals surface area contributed by atoms with Crippen LogP contribution in [-0.4, -0.2) is 30.9 Å². The van der Waals surface area contributed by atoms with Crippen molar-refractivity contribution in [1.82, 2.24) is 5.32 Å². The maximum Gasteiger partial charge on any atom is 0.309 e. The Bertz CT molecular complexity index is 636. The third-order valence-electron chi connectivity index (χ3n) is 3.41. The lowest BCUT2D eigenvalue weighted by Gasteiger charge is -2.08. The number of carbonyl (C=O) groups excluding carboxylic acids is 3. The van der Waals surface area contributed by atoms with Crippen LogP contribution in [0, 0.1) is 23.5 Å². The van der Waals surface area contributed by atoms with Gasteiger partial charge >= 0.3 is 5.97 Å². The molecule has 0 saturated heterocycles. The largest absolute Gasteiger partial charge is 0.455 e. The first-order chi connectivity index (χ1) is 10.9. The Hall–Kier alpha value is -2.51. The van der Waals surface area contributed by atoms with Gasteiger partial charge in [0.2, 0.25) is 5.91 Å². The van der Waals surface area contributed by atoms with Gasteiger partial charge in [0.1, 0.15) is 0 Å². The Balaban J connectivity index is 1.68. The number of halogens is 2. The Labute approximate surface area is 131 Å². The normalized spacial score (nSPS) is 18.9. The molecule has 1 aromatic carbocycles. The predicted molar refractivity (Wildman–Crippen MR) is 76.2 cm³/mol. The second-order valence-electron chi connectivity index (χ2n) is 5.38. The highest BCUT2D eigenvalue weighted by molar-refractivity contribution is 5.94. The van der Waals surface area contributed by atoms with Crippen molar-refractivity contribution < 1.29 is 27.9 Å². The van der Waals surface area contributed by atoms with Gasteiger partial charge < -0.3 is 15.4 Å². The van der Waals surface area contributed by atoms with Crippen LogP contribution in [0.15, 0.2) is 18.2 Å². The molecular formula is C15H16F2N2O4. The van der Waals surface area contributed by atoms with Gasteiger partial charge in [-0.15, -0.1) is 0 Å². The molecule has 23 heavy (non-hydrogen) atoms. The van der Waals surface area contributed by atoms with Crippen LogP contribution in [0.5, 0.6) is 0 Å². The number of nitrogens with one attached hydrogen (secondary N) is 2. The van der Waals surface area contributed by atoms with Crippen LogP contribution < -0.4 is 10.6 Å². The molecule has 1 fully saturated rings. The number of ether oxygens (including phenoxy) is 1. The quantitative estimate of drug-likeness (QED) is 0.770. The Kier molecular flexibility index (Phi) is 5.25. The number of anilines is 1. The van der Waals surface area contributed by atoms with Crippen molar-refractivity contribution in [2.45, 2.75) is 13.3 Å². The van der Waals surface area contributed by atoms with Crippen molar-refractivity contribution in [3.05, 3.63) is 29.8 Å². The zero-order valence-electron chi connectivity index (χ0n) is 12.4. The van der Waals surface area contributed by atoms with Crippen molar-refractivity contribution in [3.8, 4) is 0 Å². The van der Waals surface area contributed by atoms with Gasteiger partial charge in [-0.25, -0.2) is 8.78 Å². The third-order valence-corrected chi connectivity index (χ3v) is 3.41. The average Bonchev–Trinajstić information content (AvgIpc) is 3.23. The van der Waals surface area contributed by atoms with E-state index in [0.717, 1.165) is 18.6 Å². The number of hydrogen-bond donors (Lipinski definition) is 2. The monoisotopic (exact) mass is 326 g/mol. The summed E-state index contributed by atoms with van der Waals surface area (Å²) in [5.74, 6) is -3.62. The van der Waals surface area contributed by atoms with Crippen LogP contribution in [0.2, 0.25) is 0 Å². The van der Waals surface area contributed by atoms with Gasteiger partial charge in [-0.05, 0) is 24.5 Å². The van der Waals surface area contributed by atoms with Gasteiger partial charge in [0.05, 0.1) is 12.5 Å². The maximum absolute atomic E-state index is 13.0. The molecule has 6 nitrogen and oxygen atoms in total. The first-order valence-corrected chi connectivity index (χ1v) is 7.05. The average molecular weight is 326 g/mol. The summed E-state index contributed by atoms with van der Waals surface area (Å²) in [6, 6.07) is 2.90. The zero-order chi connectivity index (χ0) is 17.0. The molecule has 0 aromatic heterocycles. The van der Waals surface area contributed by atoms with Gasteiger partial charge in [-0.1, -0.05) is 6.92 Å². The minimum Gasteiger partial charge on any atom is -0.455 e. The van der Waals surface area contributed by atoms with E-state index in [4.69, 9.17) is 4.74 Å². The number of amides is 2. The number of hydrogen-bond acceptors (Lipinski definition) is 4. The highest BCUT2D eigenvalue weighted by Gasteiger charge is 2.40. The molecule has 2 N–H and O–H groups in total. The van der Waals surface area contributed by atoms with E-state index in [2.05, 4.69) is 10.6 Å². The Morgan fingerprint density at radius 1 is 1.22 bits per heavy atom. The molecule has 0 radical (unpaired) electrons. The number of carbonyl (C=O) groups is 3. The van der Waals surface area contributed by atoms with Crippen molar-refractivity contribution in [1.29, 1.82) is 0 Å². The molecule has 2 rings (SSSR count). The van der Waals surface area contributed by atoms with Crippen LogP contribution in [0.4, 0.5) is 14.5 Å². The van der Waals surface area contributed by atoms with Gasteiger partial charge in [0.25, 0.3) is 5.91 Å². The summed E-state index contributed by atoms with van der Waals surface area (Å²) in [5, 5.41) is 4.55. The summed E-state index contributed by atoms with van der Waals surface area (Å²) in [5.41, 5.74) is 0.0669. The van der Waals surface area contributed by atoms with Gasteiger partial charge in [0, 0.05) is 11.8 Å². The molecule has 1 aliphatic carbocycles. The van der Waals surface area contributed by atoms with Gasteiger partial charge in [-0.3, -0.25) is 14.4 Å². The SMILES string of the molecule is C[C@H]1C[C@@H]1C(=O)OCC(=O)NCC(=O)Nc1ccc(F)c(F)c1. The fourth-order valence-electron chi connectivity index (χ4n) is 1.90. The second-order valence-corrected chi connectivity index (χ2v) is 5.38. The summed E-state index contributed by atoms with van der Waals surface area (Å²) in [6.07, 6.45) is 0.761. The summed E-state index contributed by atoms with van der Waals surface area (Å²) in [7, 11) is 0.